The lowest BCUT2D eigenvalue weighted by Gasteiger charge is -2.11. The molecule has 1 amide bonds. The molecule has 33 heavy (non-hydrogen) atoms. The minimum absolute atomic E-state index is 0.0806. The molecule has 0 aliphatic carbocycles. The molecule has 0 saturated carbocycles. The summed E-state index contributed by atoms with van der Waals surface area (Å²) in [7, 11) is -4.41. The summed E-state index contributed by atoms with van der Waals surface area (Å²) in [6.07, 6.45) is -3.30. The Balaban J connectivity index is 1.70. The van der Waals surface area contributed by atoms with Gasteiger partial charge in [0.25, 0.3) is 0 Å². The predicted molar refractivity (Wildman–Crippen MR) is 119 cm³/mol. The Bertz CT molecular complexity index is 1280. The minimum atomic E-state index is -4.59. The molecule has 11 heteroatoms. The maximum Gasteiger partial charge on any atom is 0.416 e. The van der Waals surface area contributed by atoms with Crippen LogP contribution in [0.2, 0.25) is 0 Å². The quantitative estimate of drug-likeness (QED) is 0.261. The summed E-state index contributed by atoms with van der Waals surface area (Å²) < 4.78 is 69.0. The van der Waals surface area contributed by atoms with Crippen LogP contribution >= 0.6 is 15.9 Å². The fourth-order valence-corrected chi connectivity index (χ4v) is 4.09. The fraction of sp³-hybridized carbons (Fsp3) is 0.0909. The molecule has 0 heterocycles. The van der Waals surface area contributed by atoms with Crippen LogP contribution in [0.4, 0.5) is 13.2 Å². The van der Waals surface area contributed by atoms with Gasteiger partial charge in [-0.3, -0.25) is 4.79 Å². The van der Waals surface area contributed by atoms with Crippen LogP contribution in [0.15, 0.2) is 87.3 Å². The Kier molecular flexibility index (Phi) is 7.54. The van der Waals surface area contributed by atoms with E-state index < -0.39 is 26.8 Å². The van der Waals surface area contributed by atoms with Gasteiger partial charge in [0, 0.05) is 10.0 Å². The van der Waals surface area contributed by atoms with Crippen molar-refractivity contribution in [2.45, 2.75) is 17.5 Å². The van der Waals surface area contributed by atoms with Gasteiger partial charge in [0.05, 0.1) is 18.2 Å². The molecule has 6 nitrogen and oxygen atoms in total. The number of nitrogens with zero attached hydrogens (tertiary/aromatic N) is 1. The minimum Gasteiger partial charge on any atom is -0.378 e. The molecule has 3 aromatic carbocycles. The fourth-order valence-electron chi connectivity index (χ4n) is 2.69. The second kappa shape index (κ2) is 10.2. The number of hydrogen-bond donors (Lipinski definition) is 1. The lowest BCUT2D eigenvalue weighted by Crippen LogP contribution is -2.19. The molecule has 1 N–H and O–H groups in total. The standard InChI is InChI=1S/C22H16BrF3N2O4S/c23-18-6-3-4-15(12-18)13-21(29)28-27-14-16-5-1-2-7-20(16)32-33(30,31)19-10-8-17(9-11-19)22(24,25)26/h1-12,14H,13H2,(H,28,29)/b27-14+. The highest BCUT2D eigenvalue weighted by Gasteiger charge is 2.31. The van der Waals surface area contributed by atoms with Gasteiger partial charge in [-0.15, -0.1) is 0 Å². The van der Waals surface area contributed by atoms with Gasteiger partial charge in [-0.05, 0) is 54.1 Å². The van der Waals surface area contributed by atoms with E-state index in [2.05, 4.69) is 26.5 Å². The van der Waals surface area contributed by atoms with E-state index in [-0.39, 0.29) is 23.6 Å². The van der Waals surface area contributed by atoms with Crippen LogP contribution in [0.1, 0.15) is 16.7 Å². The highest BCUT2D eigenvalue weighted by Crippen LogP contribution is 2.30. The van der Waals surface area contributed by atoms with Crippen molar-refractivity contribution in [1.29, 1.82) is 0 Å². The molecular formula is C22H16BrF3N2O4S. The Morgan fingerprint density at radius 3 is 2.39 bits per heavy atom. The predicted octanol–water partition coefficient (Wildman–Crippen LogP) is 4.93. The van der Waals surface area contributed by atoms with Crippen LogP contribution in [-0.2, 0) is 27.5 Å². The zero-order chi connectivity index (χ0) is 24.1. The third-order valence-electron chi connectivity index (χ3n) is 4.24. The first-order valence-corrected chi connectivity index (χ1v) is 11.5. The van der Waals surface area contributed by atoms with E-state index in [1.54, 1.807) is 24.3 Å². The van der Waals surface area contributed by atoms with Crippen molar-refractivity contribution in [3.8, 4) is 5.75 Å². The van der Waals surface area contributed by atoms with E-state index in [9.17, 15) is 26.4 Å². The summed E-state index contributed by atoms with van der Waals surface area (Å²) >= 11 is 3.32. The number of hydrogen-bond acceptors (Lipinski definition) is 5. The van der Waals surface area contributed by atoms with Gasteiger partial charge in [-0.25, -0.2) is 5.43 Å². The molecule has 0 fully saturated rings. The van der Waals surface area contributed by atoms with E-state index in [4.69, 9.17) is 4.18 Å². The van der Waals surface area contributed by atoms with Crippen LogP contribution < -0.4 is 9.61 Å². The molecule has 0 aliphatic heterocycles. The summed E-state index contributed by atoms with van der Waals surface area (Å²) in [6.45, 7) is 0. The molecule has 0 radical (unpaired) electrons. The van der Waals surface area contributed by atoms with Crippen LogP contribution in [0.5, 0.6) is 5.75 Å². The smallest absolute Gasteiger partial charge is 0.378 e. The van der Waals surface area contributed by atoms with Crippen molar-refractivity contribution in [1.82, 2.24) is 5.43 Å². The largest absolute Gasteiger partial charge is 0.416 e. The number of carbonyl (C=O) groups is 1. The second-order valence-electron chi connectivity index (χ2n) is 6.70. The maximum absolute atomic E-state index is 12.7. The molecule has 0 unspecified atom stereocenters. The zero-order valence-electron chi connectivity index (χ0n) is 16.7. The van der Waals surface area contributed by atoms with Crippen molar-refractivity contribution in [3.05, 3.63) is 94.0 Å². The Morgan fingerprint density at radius 2 is 1.73 bits per heavy atom. The second-order valence-corrected chi connectivity index (χ2v) is 9.16. The summed E-state index contributed by atoms with van der Waals surface area (Å²) in [5.74, 6) is -0.498. The first kappa shape index (κ1) is 24.5. The molecule has 0 atom stereocenters. The third kappa shape index (κ3) is 6.90. The maximum atomic E-state index is 12.7. The lowest BCUT2D eigenvalue weighted by molar-refractivity contribution is -0.137. The normalized spacial score (nSPS) is 12.0. The summed E-state index contributed by atoms with van der Waals surface area (Å²) in [4.78, 5) is 11.6. The lowest BCUT2D eigenvalue weighted by atomic mass is 10.1. The monoisotopic (exact) mass is 540 g/mol. The number of hydrazone groups is 1. The van der Waals surface area contributed by atoms with Crippen molar-refractivity contribution < 1.29 is 30.6 Å². The number of carbonyl (C=O) groups excluding carboxylic acids is 1. The van der Waals surface area contributed by atoms with Crippen molar-refractivity contribution in [2.24, 2.45) is 5.10 Å². The SMILES string of the molecule is O=C(Cc1cccc(Br)c1)N/N=C/c1ccccc1OS(=O)(=O)c1ccc(C(F)(F)F)cc1. The third-order valence-corrected chi connectivity index (χ3v) is 5.98. The molecule has 172 valence electrons. The van der Waals surface area contributed by atoms with E-state index in [1.807, 2.05) is 6.07 Å². The van der Waals surface area contributed by atoms with Crippen molar-refractivity contribution >= 4 is 38.2 Å². The summed E-state index contributed by atoms with van der Waals surface area (Å²) in [5.41, 5.74) is 2.36. The highest BCUT2D eigenvalue weighted by atomic mass is 79.9. The molecule has 0 aliphatic rings. The summed E-state index contributed by atoms with van der Waals surface area (Å²) in [5, 5.41) is 3.83. The number of benzene rings is 3. The van der Waals surface area contributed by atoms with Crippen molar-refractivity contribution in [2.75, 3.05) is 0 Å². The Morgan fingerprint density at radius 1 is 1.03 bits per heavy atom. The topological polar surface area (TPSA) is 84.8 Å². The molecule has 3 rings (SSSR count). The van der Waals surface area contributed by atoms with Gasteiger partial charge in [0.15, 0.2) is 5.75 Å². The number of halogens is 4. The van der Waals surface area contributed by atoms with Gasteiger partial charge < -0.3 is 4.18 Å². The zero-order valence-corrected chi connectivity index (χ0v) is 19.1. The van der Waals surface area contributed by atoms with Crippen LogP contribution in [0.25, 0.3) is 0 Å². The molecule has 0 saturated heterocycles. The van der Waals surface area contributed by atoms with Crippen LogP contribution in [0, 0.1) is 0 Å². The van der Waals surface area contributed by atoms with Gasteiger partial charge in [-0.1, -0.05) is 40.2 Å². The first-order valence-electron chi connectivity index (χ1n) is 9.32. The molecule has 0 bridgehead atoms. The van der Waals surface area contributed by atoms with Crippen molar-refractivity contribution in [3.63, 3.8) is 0 Å². The average molecular weight is 541 g/mol. The molecule has 0 aromatic heterocycles. The number of amides is 1. The molecular weight excluding hydrogens is 525 g/mol. The number of rotatable bonds is 7. The van der Waals surface area contributed by atoms with Gasteiger partial charge >= 0.3 is 16.3 Å². The highest BCUT2D eigenvalue weighted by molar-refractivity contribution is 9.10. The Hall–Kier alpha value is -3.18. The number of para-hydroxylation sites is 1. The van der Waals surface area contributed by atoms with E-state index >= 15 is 0 Å². The van der Waals surface area contributed by atoms with E-state index in [1.165, 1.54) is 24.4 Å². The van der Waals surface area contributed by atoms with Gasteiger partial charge in [0.2, 0.25) is 5.91 Å². The van der Waals surface area contributed by atoms with Crippen LogP contribution in [-0.4, -0.2) is 20.5 Å². The summed E-state index contributed by atoms with van der Waals surface area (Å²) in [6, 6.07) is 16.1. The van der Waals surface area contributed by atoms with E-state index in [0.717, 1.165) is 22.2 Å². The first-order chi connectivity index (χ1) is 15.5. The molecule has 3 aromatic rings. The number of alkyl halides is 3. The van der Waals surface area contributed by atoms with E-state index in [0.29, 0.717) is 12.1 Å². The van der Waals surface area contributed by atoms with Crippen LogP contribution in [0.3, 0.4) is 0 Å². The number of nitrogens with one attached hydrogen (secondary N) is 1. The average Bonchev–Trinajstić information content (AvgIpc) is 2.74. The van der Waals surface area contributed by atoms with Gasteiger partial charge in [-0.2, -0.15) is 26.7 Å². The van der Waals surface area contributed by atoms with Gasteiger partial charge in [0.1, 0.15) is 4.90 Å². The molecule has 0 spiro atoms. The Labute approximate surface area is 196 Å².